The summed E-state index contributed by atoms with van der Waals surface area (Å²) in [6.45, 7) is 10.7. The summed E-state index contributed by atoms with van der Waals surface area (Å²) in [5, 5.41) is 6.59. The molecule has 2 heterocycles. The number of hydrogen-bond donors (Lipinski definition) is 2. The van der Waals surface area contributed by atoms with Crippen LogP contribution in [0, 0.1) is 5.41 Å². The summed E-state index contributed by atoms with van der Waals surface area (Å²) in [6, 6.07) is 23.5. The third-order valence-electron chi connectivity index (χ3n) is 8.01. The van der Waals surface area contributed by atoms with Crippen LogP contribution in [-0.4, -0.2) is 55.8 Å². The second kappa shape index (κ2) is 14.4. The van der Waals surface area contributed by atoms with Gasteiger partial charge in [-0.05, 0) is 85.6 Å². The van der Waals surface area contributed by atoms with Crippen LogP contribution in [0.3, 0.4) is 0 Å². The van der Waals surface area contributed by atoms with Crippen LogP contribution in [0.1, 0.15) is 51.5 Å². The van der Waals surface area contributed by atoms with Crippen LogP contribution in [0.25, 0.3) is 10.9 Å². The minimum atomic E-state index is -0.221. The highest BCUT2D eigenvalue weighted by Crippen LogP contribution is 2.37. The maximum Gasteiger partial charge on any atom is 0.319 e. The van der Waals surface area contributed by atoms with Gasteiger partial charge in [-0.25, -0.2) is 4.79 Å². The van der Waals surface area contributed by atoms with Crippen LogP contribution in [0.4, 0.5) is 10.5 Å². The minimum Gasteiger partial charge on any atom is -0.493 e. The molecule has 0 spiro atoms. The summed E-state index contributed by atoms with van der Waals surface area (Å²) < 4.78 is 18.1. The highest BCUT2D eigenvalue weighted by atomic mass is 16.5. The Labute approximate surface area is 260 Å². The Morgan fingerprint density at radius 1 is 0.955 bits per heavy atom. The van der Waals surface area contributed by atoms with Crippen molar-refractivity contribution in [2.24, 2.45) is 5.41 Å². The number of nitrogens with one attached hydrogen (secondary N) is 2. The van der Waals surface area contributed by atoms with E-state index in [9.17, 15) is 4.79 Å². The lowest BCUT2D eigenvalue weighted by atomic mass is 9.89. The first-order chi connectivity index (χ1) is 21.3. The number of ether oxygens (including phenoxy) is 3. The second-order valence-electron chi connectivity index (χ2n) is 12.5. The van der Waals surface area contributed by atoms with E-state index in [0.717, 1.165) is 37.0 Å². The minimum absolute atomic E-state index is 0.169. The fourth-order valence-electron chi connectivity index (χ4n) is 5.45. The number of urea groups is 1. The molecule has 1 aromatic heterocycles. The molecule has 1 aliphatic heterocycles. The van der Waals surface area contributed by atoms with E-state index in [1.54, 1.807) is 13.3 Å². The third kappa shape index (κ3) is 8.63. The first-order valence-electron chi connectivity index (χ1n) is 15.5. The van der Waals surface area contributed by atoms with Gasteiger partial charge in [-0.15, -0.1) is 0 Å². The molecule has 4 aromatic rings. The van der Waals surface area contributed by atoms with Gasteiger partial charge in [0.25, 0.3) is 0 Å². The fraction of sp³-hybridized carbons (Fsp3) is 0.389. The number of anilines is 1. The van der Waals surface area contributed by atoms with Crippen molar-refractivity contribution in [2.45, 2.75) is 46.0 Å². The van der Waals surface area contributed by atoms with Gasteiger partial charge in [0.15, 0.2) is 11.5 Å². The molecule has 5 rings (SSSR count). The zero-order valence-electron chi connectivity index (χ0n) is 26.3. The van der Waals surface area contributed by atoms with E-state index in [-0.39, 0.29) is 11.4 Å². The Balaban J connectivity index is 1.16. The first-order valence-corrected chi connectivity index (χ1v) is 15.5. The smallest absolute Gasteiger partial charge is 0.319 e. The van der Waals surface area contributed by atoms with Gasteiger partial charge in [0.05, 0.1) is 12.6 Å². The van der Waals surface area contributed by atoms with E-state index >= 15 is 0 Å². The molecule has 0 aliphatic carbocycles. The Morgan fingerprint density at radius 2 is 1.70 bits per heavy atom. The number of rotatable bonds is 11. The van der Waals surface area contributed by atoms with E-state index < -0.39 is 0 Å². The molecule has 1 fully saturated rings. The lowest BCUT2D eigenvalue weighted by molar-refractivity contribution is 0.171. The average molecular weight is 597 g/mol. The van der Waals surface area contributed by atoms with Gasteiger partial charge in [0, 0.05) is 36.4 Å². The maximum atomic E-state index is 12.2. The van der Waals surface area contributed by atoms with Crippen molar-refractivity contribution in [3.8, 4) is 23.0 Å². The largest absolute Gasteiger partial charge is 0.493 e. The summed E-state index contributed by atoms with van der Waals surface area (Å²) in [4.78, 5) is 19.3. The first kappa shape index (κ1) is 31.1. The lowest BCUT2D eigenvalue weighted by Crippen LogP contribution is -2.35. The van der Waals surface area contributed by atoms with Crippen molar-refractivity contribution in [2.75, 3.05) is 45.2 Å². The molecule has 8 heteroatoms. The van der Waals surface area contributed by atoms with Crippen LogP contribution in [0.2, 0.25) is 0 Å². The Morgan fingerprint density at radius 3 is 2.41 bits per heavy atom. The fourth-order valence-corrected chi connectivity index (χ4v) is 5.45. The number of likely N-dealkylation sites (tertiary alicyclic amines) is 1. The molecule has 0 bridgehead atoms. The SMILES string of the molecule is COc1cc2c(Oc3ccc(NC(=O)NCCC(C)(C)C)cc3)ccnc2cc1OCCN1CCC(c2ccccc2)CC1. The molecule has 1 saturated heterocycles. The number of carbonyl (C=O) groups excluding carboxylic acids is 1. The molecule has 8 nitrogen and oxygen atoms in total. The normalized spacial score (nSPS) is 14.3. The second-order valence-corrected chi connectivity index (χ2v) is 12.5. The van der Waals surface area contributed by atoms with Gasteiger partial charge >= 0.3 is 6.03 Å². The van der Waals surface area contributed by atoms with Gasteiger partial charge < -0.3 is 24.8 Å². The third-order valence-corrected chi connectivity index (χ3v) is 8.01. The quantitative estimate of drug-likeness (QED) is 0.183. The van der Waals surface area contributed by atoms with Crippen LogP contribution < -0.4 is 24.8 Å². The van der Waals surface area contributed by atoms with Crippen molar-refractivity contribution in [3.05, 3.63) is 84.6 Å². The highest BCUT2D eigenvalue weighted by Gasteiger charge is 2.20. The number of nitrogens with zero attached hydrogens (tertiary/aromatic N) is 2. The number of piperidine rings is 1. The summed E-state index contributed by atoms with van der Waals surface area (Å²) in [7, 11) is 1.64. The van der Waals surface area contributed by atoms with E-state index in [2.05, 4.69) is 71.6 Å². The van der Waals surface area contributed by atoms with Crippen LogP contribution in [0.5, 0.6) is 23.0 Å². The van der Waals surface area contributed by atoms with Crippen molar-refractivity contribution < 1.29 is 19.0 Å². The summed E-state index contributed by atoms with van der Waals surface area (Å²) >= 11 is 0. The molecular weight excluding hydrogens is 552 g/mol. The van der Waals surface area contributed by atoms with Crippen LogP contribution >= 0.6 is 0 Å². The molecule has 2 N–H and O–H groups in total. The summed E-state index contributed by atoms with van der Waals surface area (Å²) in [6.07, 6.45) is 4.97. The standard InChI is InChI=1S/C36H44N4O4/c1-36(2,3)17-19-38-35(41)39-28-10-12-29(13-11-28)44-32-14-18-37-31-25-34(33(42-4)24-30(31)32)43-23-22-40-20-15-27(16-21-40)26-8-6-5-7-9-26/h5-14,18,24-25,27H,15-17,19-23H2,1-4H3,(H2,38,39,41). The van der Waals surface area contributed by atoms with Crippen LogP contribution in [0.15, 0.2) is 79.0 Å². The number of amides is 2. The topological polar surface area (TPSA) is 85.0 Å². The maximum absolute atomic E-state index is 12.2. The number of methoxy groups -OCH3 is 1. The van der Waals surface area contributed by atoms with Crippen molar-refractivity contribution in [1.82, 2.24) is 15.2 Å². The van der Waals surface area contributed by atoms with E-state index in [4.69, 9.17) is 14.2 Å². The monoisotopic (exact) mass is 596 g/mol. The number of fused-ring (bicyclic) bond motifs is 1. The molecule has 1 aliphatic rings. The molecule has 44 heavy (non-hydrogen) atoms. The predicted molar refractivity (Wildman–Crippen MR) is 176 cm³/mol. The zero-order valence-corrected chi connectivity index (χ0v) is 26.3. The predicted octanol–water partition coefficient (Wildman–Crippen LogP) is 7.85. The van der Waals surface area contributed by atoms with Crippen LogP contribution in [-0.2, 0) is 0 Å². The molecule has 3 aromatic carbocycles. The zero-order chi connectivity index (χ0) is 30.9. The number of carbonyl (C=O) groups is 1. The molecular formula is C36H44N4O4. The number of aromatic nitrogens is 1. The number of hydrogen-bond acceptors (Lipinski definition) is 6. The summed E-state index contributed by atoms with van der Waals surface area (Å²) in [5.74, 6) is 3.24. The van der Waals surface area contributed by atoms with Crippen molar-refractivity contribution >= 4 is 22.6 Å². The number of pyridine rings is 1. The molecule has 0 atom stereocenters. The Bertz CT molecular complexity index is 1510. The van der Waals surface area contributed by atoms with E-state index in [0.29, 0.717) is 47.8 Å². The van der Waals surface area contributed by atoms with Crippen molar-refractivity contribution in [3.63, 3.8) is 0 Å². The van der Waals surface area contributed by atoms with E-state index in [1.165, 1.54) is 18.4 Å². The van der Waals surface area contributed by atoms with Crippen molar-refractivity contribution in [1.29, 1.82) is 0 Å². The number of benzene rings is 3. The molecule has 0 radical (unpaired) electrons. The highest BCUT2D eigenvalue weighted by molar-refractivity contribution is 5.89. The van der Waals surface area contributed by atoms with Gasteiger partial charge in [0.1, 0.15) is 18.1 Å². The molecule has 232 valence electrons. The van der Waals surface area contributed by atoms with Gasteiger partial charge in [-0.1, -0.05) is 51.1 Å². The van der Waals surface area contributed by atoms with Gasteiger partial charge in [-0.3, -0.25) is 9.88 Å². The van der Waals surface area contributed by atoms with E-state index in [1.807, 2.05) is 42.5 Å². The average Bonchev–Trinajstić information content (AvgIpc) is 3.02. The molecule has 2 amide bonds. The lowest BCUT2D eigenvalue weighted by Gasteiger charge is -2.32. The van der Waals surface area contributed by atoms with Gasteiger partial charge in [0.2, 0.25) is 0 Å². The Kier molecular flexibility index (Phi) is 10.2. The Hall–Kier alpha value is -4.30. The summed E-state index contributed by atoms with van der Waals surface area (Å²) in [5.41, 5.74) is 3.06. The molecule has 0 saturated carbocycles. The molecule has 0 unspecified atom stereocenters. The van der Waals surface area contributed by atoms with Gasteiger partial charge in [-0.2, -0.15) is 0 Å².